The van der Waals surface area contributed by atoms with Gasteiger partial charge in [0.1, 0.15) is 29.5 Å². The fourth-order valence-corrected chi connectivity index (χ4v) is 6.16. The van der Waals surface area contributed by atoms with Crippen LogP contribution in [0.3, 0.4) is 0 Å². The van der Waals surface area contributed by atoms with Gasteiger partial charge >= 0.3 is 12.1 Å². The first-order valence-corrected chi connectivity index (χ1v) is 15.4. The first-order chi connectivity index (χ1) is 22.2. The normalized spacial score (nSPS) is 27.0. The Hall–Kier alpha value is -5.19. The highest BCUT2D eigenvalue weighted by atomic mass is 16.5. The first-order valence-electron chi connectivity index (χ1n) is 15.4. The van der Waals surface area contributed by atoms with Gasteiger partial charge in [-0.1, -0.05) is 54.6 Å². The summed E-state index contributed by atoms with van der Waals surface area (Å²) in [5, 5.41) is 15.9. The lowest BCUT2D eigenvalue weighted by Crippen LogP contribution is -2.55. The number of aliphatic carboxylic acids is 1. The fourth-order valence-electron chi connectivity index (χ4n) is 6.16. The van der Waals surface area contributed by atoms with Crippen LogP contribution in [-0.4, -0.2) is 75.7 Å². The number of fused-ring (bicyclic) bond motifs is 3. The molecule has 2 aromatic carbocycles. The number of amides is 3. The van der Waals surface area contributed by atoms with E-state index in [1.54, 1.807) is 0 Å². The van der Waals surface area contributed by atoms with Crippen molar-refractivity contribution in [2.75, 3.05) is 13.2 Å². The topological polar surface area (TPSA) is 147 Å². The zero-order chi connectivity index (χ0) is 32.4. The number of pyridine rings is 1. The third kappa shape index (κ3) is 6.17. The van der Waals surface area contributed by atoms with Gasteiger partial charge in [0.2, 0.25) is 11.8 Å². The maximum Gasteiger partial charge on any atom is 0.407 e. The van der Waals surface area contributed by atoms with Crippen molar-refractivity contribution in [3.63, 3.8) is 0 Å². The number of hydrogen-bond donors (Lipinski definition) is 3. The van der Waals surface area contributed by atoms with Crippen LogP contribution in [0.2, 0.25) is 0 Å². The maximum atomic E-state index is 13.7. The lowest BCUT2D eigenvalue weighted by atomic mass is 10.1. The Morgan fingerprint density at radius 1 is 1.17 bits per heavy atom. The SMILES string of the molecule is C=C[C@@H]1C[C@]1(NC(=O)[C@@H]1C[C@@H]2CN1C(=O)[C@H](C)NC(=O)OCCC/C=C\c1ccc3nc(-c4ccccc4)cc(c3c1)O2)C(=O)O. The first kappa shape index (κ1) is 30.8. The molecule has 2 fully saturated rings. The Morgan fingerprint density at radius 3 is 2.72 bits per heavy atom. The van der Waals surface area contributed by atoms with E-state index >= 15 is 0 Å². The Labute approximate surface area is 266 Å². The summed E-state index contributed by atoms with van der Waals surface area (Å²) < 4.78 is 11.9. The Morgan fingerprint density at radius 2 is 1.98 bits per heavy atom. The number of carbonyl (C=O) groups is 4. The highest BCUT2D eigenvalue weighted by molar-refractivity contribution is 5.96. The van der Waals surface area contributed by atoms with Crippen molar-refractivity contribution >= 4 is 40.9 Å². The summed E-state index contributed by atoms with van der Waals surface area (Å²) in [5.74, 6) is -2.16. The zero-order valence-electron chi connectivity index (χ0n) is 25.5. The number of ether oxygens (including phenoxy) is 2. The van der Waals surface area contributed by atoms with Crippen LogP contribution in [0, 0.1) is 5.92 Å². The van der Waals surface area contributed by atoms with E-state index < -0.39 is 53.5 Å². The third-order valence-corrected chi connectivity index (χ3v) is 8.80. The molecular formula is C35H36N4O7. The van der Waals surface area contributed by atoms with Crippen LogP contribution in [0.1, 0.15) is 38.2 Å². The Kier molecular flexibility index (Phi) is 8.48. The molecule has 11 heteroatoms. The van der Waals surface area contributed by atoms with Crippen LogP contribution in [-0.2, 0) is 19.1 Å². The number of aromatic nitrogens is 1. The standard InChI is InChI=1S/C35H36N4O7/c1-3-24-19-35(24,33(42)43)38-31(40)29-17-25-20-39(29)32(41)21(2)36-34(44)45-15-9-5-6-10-22-13-14-27-26(16-22)30(46-25)18-28(37-27)23-11-7-4-8-12-23/h3-4,6-8,10-14,16,18,21,24-25,29H,1,5,9,15,17,19-20H2,2H3,(H,36,44)(H,38,40)(H,42,43)/b10-6-/t21-,24+,25+,29-,35+/m0/s1. The number of nitrogens with one attached hydrogen (secondary N) is 2. The number of allylic oxidation sites excluding steroid dienone is 1. The number of cyclic esters (lactones) is 1. The molecule has 5 atom stereocenters. The van der Waals surface area contributed by atoms with Gasteiger partial charge in [0.25, 0.3) is 0 Å². The molecule has 11 nitrogen and oxygen atoms in total. The molecule has 1 saturated carbocycles. The molecule has 0 unspecified atom stereocenters. The molecule has 6 rings (SSSR count). The van der Waals surface area contributed by atoms with Crippen molar-refractivity contribution in [1.29, 1.82) is 0 Å². The molecule has 238 valence electrons. The molecule has 0 spiro atoms. The summed E-state index contributed by atoms with van der Waals surface area (Å²) in [7, 11) is 0. The quantitative estimate of drug-likeness (QED) is 0.356. The van der Waals surface area contributed by atoms with Crippen molar-refractivity contribution in [1.82, 2.24) is 20.5 Å². The largest absolute Gasteiger partial charge is 0.488 e. The number of rotatable bonds is 5. The molecule has 3 amide bonds. The third-order valence-electron chi connectivity index (χ3n) is 8.80. The molecule has 3 N–H and O–H groups in total. The summed E-state index contributed by atoms with van der Waals surface area (Å²) in [4.78, 5) is 58.3. The number of carbonyl (C=O) groups excluding carboxylic acids is 3. The van der Waals surface area contributed by atoms with Gasteiger partial charge in [0, 0.05) is 29.4 Å². The second-order valence-corrected chi connectivity index (χ2v) is 12.0. The summed E-state index contributed by atoms with van der Waals surface area (Å²) >= 11 is 0. The smallest absolute Gasteiger partial charge is 0.407 e. The van der Waals surface area contributed by atoms with Gasteiger partial charge in [0.15, 0.2) is 0 Å². The molecule has 1 saturated heterocycles. The van der Waals surface area contributed by atoms with E-state index in [2.05, 4.69) is 17.2 Å². The second kappa shape index (κ2) is 12.7. The molecule has 1 aliphatic carbocycles. The van der Waals surface area contributed by atoms with Crippen LogP contribution >= 0.6 is 0 Å². The van der Waals surface area contributed by atoms with Crippen molar-refractivity contribution in [3.05, 3.63) is 78.9 Å². The maximum absolute atomic E-state index is 13.7. The van der Waals surface area contributed by atoms with Crippen LogP contribution < -0.4 is 15.4 Å². The van der Waals surface area contributed by atoms with Crippen molar-refractivity contribution in [3.8, 4) is 17.0 Å². The van der Waals surface area contributed by atoms with Crippen LogP contribution in [0.5, 0.6) is 5.75 Å². The van der Waals surface area contributed by atoms with Crippen molar-refractivity contribution in [2.24, 2.45) is 5.92 Å². The van der Waals surface area contributed by atoms with Crippen molar-refractivity contribution < 1.29 is 33.8 Å². The molecule has 2 aliphatic heterocycles. The summed E-state index contributed by atoms with van der Waals surface area (Å²) in [6.45, 7) is 5.41. The van der Waals surface area contributed by atoms with Gasteiger partial charge in [-0.05, 0) is 43.9 Å². The minimum Gasteiger partial charge on any atom is -0.488 e. The van der Waals surface area contributed by atoms with Crippen LogP contribution in [0.25, 0.3) is 28.2 Å². The number of nitrogens with zero attached hydrogens (tertiary/aromatic N) is 2. The van der Waals surface area contributed by atoms with Gasteiger partial charge in [-0.2, -0.15) is 0 Å². The van der Waals surface area contributed by atoms with Crippen molar-refractivity contribution in [2.45, 2.75) is 56.3 Å². The minimum absolute atomic E-state index is 0.0347. The van der Waals surface area contributed by atoms with Gasteiger partial charge in [-0.25, -0.2) is 14.6 Å². The summed E-state index contributed by atoms with van der Waals surface area (Å²) in [5.41, 5.74) is 1.79. The average molecular weight is 625 g/mol. The van der Waals surface area contributed by atoms with Gasteiger partial charge in [-0.15, -0.1) is 6.58 Å². The van der Waals surface area contributed by atoms with E-state index in [-0.39, 0.29) is 26.0 Å². The van der Waals surface area contributed by atoms with Crippen LogP contribution in [0.4, 0.5) is 4.79 Å². The number of carboxylic acid groups (broad SMARTS) is 1. The average Bonchev–Trinajstić information content (AvgIpc) is 3.62. The Balaban J connectivity index is 1.38. The van der Waals surface area contributed by atoms with E-state index in [4.69, 9.17) is 14.5 Å². The number of alkyl carbamates (subject to hydrolysis) is 1. The second-order valence-electron chi connectivity index (χ2n) is 12.0. The molecule has 1 aromatic heterocycles. The van der Waals surface area contributed by atoms with Gasteiger partial charge < -0.3 is 30.1 Å². The summed E-state index contributed by atoms with van der Waals surface area (Å²) in [6, 6.07) is 15.4. The highest BCUT2D eigenvalue weighted by Crippen LogP contribution is 2.45. The molecule has 3 aliphatic rings. The van der Waals surface area contributed by atoms with E-state index in [0.717, 1.165) is 22.0 Å². The number of hydrogen-bond acceptors (Lipinski definition) is 7. The van der Waals surface area contributed by atoms with Gasteiger partial charge in [-0.3, -0.25) is 9.59 Å². The van der Waals surface area contributed by atoms with E-state index in [1.807, 2.05) is 66.7 Å². The molecule has 0 radical (unpaired) electrons. The predicted octanol–water partition coefficient (Wildman–Crippen LogP) is 4.32. The number of carboxylic acids is 1. The minimum atomic E-state index is -1.47. The summed E-state index contributed by atoms with van der Waals surface area (Å²) in [6.07, 6.45) is 5.71. The van der Waals surface area contributed by atoms with Gasteiger partial charge in [0.05, 0.1) is 24.4 Å². The lowest BCUT2D eigenvalue weighted by Gasteiger charge is -2.28. The Bertz CT molecular complexity index is 1720. The predicted molar refractivity (Wildman–Crippen MR) is 171 cm³/mol. The fraction of sp³-hybridized carbons (Fsp3) is 0.343. The molecule has 4 bridgehead atoms. The molecule has 3 aromatic rings. The van der Waals surface area contributed by atoms with E-state index in [1.165, 1.54) is 17.9 Å². The monoisotopic (exact) mass is 624 g/mol. The highest BCUT2D eigenvalue weighted by Gasteiger charge is 2.61. The zero-order valence-corrected chi connectivity index (χ0v) is 25.5. The van der Waals surface area contributed by atoms with E-state index in [0.29, 0.717) is 24.3 Å². The molecule has 3 heterocycles. The molecular weight excluding hydrogens is 588 g/mol. The van der Waals surface area contributed by atoms with E-state index in [9.17, 15) is 24.3 Å². The molecule has 46 heavy (non-hydrogen) atoms. The van der Waals surface area contributed by atoms with Crippen LogP contribution in [0.15, 0.2) is 73.3 Å². The lowest BCUT2D eigenvalue weighted by molar-refractivity contribution is -0.145. The number of benzene rings is 2.